The second-order valence-electron chi connectivity index (χ2n) is 5.54. The first-order valence-corrected chi connectivity index (χ1v) is 7.32. The maximum Gasteiger partial charge on any atom is 0.325 e. The Balaban J connectivity index is 1.75. The SMILES string of the molecule is O=C(CN1C(=O)NC2(CCCC2)C1=O)c1ccc(Cl)cc1. The van der Waals surface area contributed by atoms with Crippen molar-refractivity contribution in [2.75, 3.05) is 6.54 Å². The highest BCUT2D eigenvalue weighted by molar-refractivity contribution is 6.30. The Labute approximate surface area is 127 Å². The van der Waals surface area contributed by atoms with Crippen molar-refractivity contribution in [2.24, 2.45) is 0 Å². The number of ketones is 1. The Bertz CT molecular complexity index is 606. The van der Waals surface area contributed by atoms with Crippen LogP contribution in [0.3, 0.4) is 0 Å². The molecule has 1 spiro atoms. The lowest BCUT2D eigenvalue weighted by atomic mass is 9.98. The van der Waals surface area contributed by atoms with E-state index in [2.05, 4.69) is 5.32 Å². The fourth-order valence-electron chi connectivity index (χ4n) is 3.01. The molecule has 1 aromatic carbocycles. The van der Waals surface area contributed by atoms with Crippen LogP contribution in [0.4, 0.5) is 4.79 Å². The molecule has 0 unspecified atom stereocenters. The first-order valence-electron chi connectivity index (χ1n) is 6.95. The van der Waals surface area contributed by atoms with Crippen LogP contribution in [0.15, 0.2) is 24.3 Å². The standard InChI is InChI=1S/C15H15ClN2O3/c16-11-5-3-10(4-6-11)12(19)9-18-13(20)15(17-14(18)21)7-1-2-8-15/h3-6H,1-2,7-9H2,(H,17,21). The Kier molecular flexibility index (Phi) is 3.45. The molecule has 1 aliphatic carbocycles. The summed E-state index contributed by atoms with van der Waals surface area (Å²) in [4.78, 5) is 37.6. The number of urea groups is 1. The van der Waals surface area contributed by atoms with Gasteiger partial charge in [0, 0.05) is 10.6 Å². The van der Waals surface area contributed by atoms with Crippen LogP contribution in [-0.4, -0.2) is 34.7 Å². The normalized spacial score (nSPS) is 20.1. The molecule has 5 nitrogen and oxygen atoms in total. The number of Topliss-reactive ketones (excluding diaryl/α,β-unsaturated/α-hetero) is 1. The van der Waals surface area contributed by atoms with E-state index in [4.69, 9.17) is 11.6 Å². The summed E-state index contributed by atoms with van der Waals surface area (Å²) in [7, 11) is 0. The fraction of sp³-hybridized carbons (Fsp3) is 0.400. The third-order valence-corrected chi connectivity index (χ3v) is 4.42. The van der Waals surface area contributed by atoms with Gasteiger partial charge in [-0.05, 0) is 37.1 Å². The second-order valence-corrected chi connectivity index (χ2v) is 5.98. The van der Waals surface area contributed by atoms with Gasteiger partial charge in [0.15, 0.2) is 5.78 Å². The van der Waals surface area contributed by atoms with Crippen LogP contribution in [0.2, 0.25) is 5.02 Å². The van der Waals surface area contributed by atoms with Crippen LogP contribution in [0.1, 0.15) is 36.0 Å². The van der Waals surface area contributed by atoms with E-state index in [1.165, 1.54) is 0 Å². The average Bonchev–Trinajstić information content (AvgIpc) is 3.01. The van der Waals surface area contributed by atoms with E-state index in [1.54, 1.807) is 24.3 Å². The number of imide groups is 1. The Morgan fingerprint density at radius 1 is 1.19 bits per heavy atom. The topological polar surface area (TPSA) is 66.5 Å². The molecule has 0 bridgehead atoms. The molecular formula is C15H15ClN2O3. The average molecular weight is 307 g/mol. The predicted molar refractivity (Wildman–Crippen MR) is 77.2 cm³/mol. The van der Waals surface area contributed by atoms with Crippen LogP contribution in [0.25, 0.3) is 0 Å². The fourth-order valence-corrected chi connectivity index (χ4v) is 3.13. The summed E-state index contributed by atoms with van der Waals surface area (Å²) in [6, 6.07) is 5.94. The quantitative estimate of drug-likeness (QED) is 0.689. The number of hydrogen-bond acceptors (Lipinski definition) is 3. The van der Waals surface area contributed by atoms with Crippen LogP contribution >= 0.6 is 11.6 Å². The minimum atomic E-state index is -0.767. The number of amides is 3. The van der Waals surface area contributed by atoms with E-state index in [0.717, 1.165) is 17.7 Å². The van der Waals surface area contributed by atoms with E-state index in [9.17, 15) is 14.4 Å². The Morgan fingerprint density at radius 3 is 2.43 bits per heavy atom. The number of nitrogens with one attached hydrogen (secondary N) is 1. The smallest absolute Gasteiger partial charge is 0.323 e. The Hall–Kier alpha value is -1.88. The van der Waals surface area contributed by atoms with Crippen LogP contribution in [-0.2, 0) is 4.79 Å². The van der Waals surface area contributed by atoms with Gasteiger partial charge >= 0.3 is 6.03 Å². The monoisotopic (exact) mass is 306 g/mol. The maximum atomic E-state index is 12.4. The van der Waals surface area contributed by atoms with Gasteiger partial charge in [-0.2, -0.15) is 0 Å². The molecule has 21 heavy (non-hydrogen) atoms. The van der Waals surface area contributed by atoms with Crippen molar-refractivity contribution in [3.63, 3.8) is 0 Å². The molecule has 1 saturated carbocycles. The van der Waals surface area contributed by atoms with E-state index in [1.807, 2.05) is 0 Å². The molecular weight excluding hydrogens is 292 g/mol. The highest BCUT2D eigenvalue weighted by atomic mass is 35.5. The number of nitrogens with zero attached hydrogens (tertiary/aromatic N) is 1. The number of carbonyl (C=O) groups excluding carboxylic acids is 3. The lowest BCUT2D eigenvalue weighted by Gasteiger charge is -2.19. The summed E-state index contributed by atoms with van der Waals surface area (Å²) >= 11 is 5.77. The molecule has 1 aliphatic heterocycles. The summed E-state index contributed by atoms with van der Waals surface area (Å²) in [5, 5.41) is 3.29. The minimum absolute atomic E-state index is 0.228. The molecule has 0 aromatic heterocycles. The number of hydrogen-bond donors (Lipinski definition) is 1. The van der Waals surface area contributed by atoms with E-state index < -0.39 is 11.6 Å². The number of carbonyl (C=O) groups is 3. The largest absolute Gasteiger partial charge is 0.325 e. The molecule has 2 aliphatic rings. The van der Waals surface area contributed by atoms with Gasteiger partial charge in [-0.25, -0.2) is 4.79 Å². The Morgan fingerprint density at radius 2 is 1.81 bits per heavy atom. The van der Waals surface area contributed by atoms with Crippen LogP contribution < -0.4 is 5.32 Å². The van der Waals surface area contributed by atoms with Crippen molar-refractivity contribution in [2.45, 2.75) is 31.2 Å². The maximum absolute atomic E-state index is 12.4. The number of benzene rings is 1. The predicted octanol–water partition coefficient (Wildman–Crippen LogP) is 2.39. The molecule has 6 heteroatoms. The third-order valence-electron chi connectivity index (χ3n) is 4.17. The highest BCUT2D eigenvalue weighted by Gasteiger charge is 2.52. The van der Waals surface area contributed by atoms with Gasteiger partial charge in [-0.15, -0.1) is 0 Å². The molecule has 0 radical (unpaired) electrons. The first-order chi connectivity index (χ1) is 10.0. The zero-order chi connectivity index (χ0) is 15.0. The van der Waals surface area contributed by atoms with Gasteiger partial charge in [-0.3, -0.25) is 14.5 Å². The minimum Gasteiger partial charge on any atom is -0.323 e. The van der Waals surface area contributed by atoms with E-state index in [-0.39, 0.29) is 18.2 Å². The molecule has 1 saturated heterocycles. The van der Waals surface area contributed by atoms with Gasteiger partial charge in [0.1, 0.15) is 5.54 Å². The molecule has 2 fully saturated rings. The molecule has 3 amide bonds. The summed E-state index contributed by atoms with van der Waals surface area (Å²) in [5.41, 5.74) is -0.329. The van der Waals surface area contributed by atoms with Gasteiger partial charge in [-0.1, -0.05) is 24.4 Å². The van der Waals surface area contributed by atoms with E-state index >= 15 is 0 Å². The lowest BCUT2D eigenvalue weighted by molar-refractivity contribution is -0.130. The summed E-state index contributed by atoms with van der Waals surface area (Å²) in [5.74, 6) is -0.544. The third kappa shape index (κ3) is 2.42. The van der Waals surface area contributed by atoms with Crippen molar-refractivity contribution < 1.29 is 14.4 Å². The lowest BCUT2D eigenvalue weighted by Crippen LogP contribution is -2.44. The van der Waals surface area contributed by atoms with Crippen molar-refractivity contribution in [3.8, 4) is 0 Å². The molecule has 110 valence electrons. The first kappa shape index (κ1) is 14.1. The van der Waals surface area contributed by atoms with Gasteiger partial charge in [0.25, 0.3) is 5.91 Å². The second kappa shape index (κ2) is 5.15. The summed E-state index contributed by atoms with van der Waals surface area (Å²) in [6.07, 6.45) is 3.16. The van der Waals surface area contributed by atoms with Crippen LogP contribution in [0, 0.1) is 0 Å². The number of rotatable bonds is 3. The van der Waals surface area contributed by atoms with Crippen molar-refractivity contribution in [1.29, 1.82) is 0 Å². The van der Waals surface area contributed by atoms with E-state index in [0.29, 0.717) is 23.4 Å². The van der Waals surface area contributed by atoms with Gasteiger partial charge < -0.3 is 5.32 Å². The molecule has 1 heterocycles. The van der Waals surface area contributed by atoms with Crippen molar-refractivity contribution >= 4 is 29.3 Å². The van der Waals surface area contributed by atoms with Gasteiger partial charge in [0.2, 0.25) is 0 Å². The van der Waals surface area contributed by atoms with Gasteiger partial charge in [0.05, 0.1) is 6.54 Å². The zero-order valence-corrected chi connectivity index (χ0v) is 12.2. The molecule has 0 atom stereocenters. The highest BCUT2D eigenvalue weighted by Crippen LogP contribution is 2.35. The molecule has 1 aromatic rings. The summed E-state index contributed by atoms with van der Waals surface area (Å²) in [6.45, 7) is -0.228. The van der Waals surface area contributed by atoms with Crippen LogP contribution in [0.5, 0.6) is 0 Å². The molecule has 3 rings (SSSR count). The number of halogens is 1. The summed E-state index contributed by atoms with van der Waals surface area (Å²) < 4.78 is 0. The van der Waals surface area contributed by atoms with Crippen molar-refractivity contribution in [1.82, 2.24) is 10.2 Å². The molecule has 1 N–H and O–H groups in total. The zero-order valence-electron chi connectivity index (χ0n) is 11.4. The van der Waals surface area contributed by atoms with Crippen molar-refractivity contribution in [3.05, 3.63) is 34.9 Å².